The lowest BCUT2D eigenvalue weighted by molar-refractivity contribution is -0.274. The summed E-state index contributed by atoms with van der Waals surface area (Å²) in [7, 11) is 0. The highest BCUT2D eigenvalue weighted by Gasteiger charge is 2.31. The predicted octanol–water partition coefficient (Wildman–Crippen LogP) is 4.96. The van der Waals surface area contributed by atoms with Gasteiger partial charge in [-0.1, -0.05) is 30.3 Å². The van der Waals surface area contributed by atoms with Crippen molar-refractivity contribution in [1.29, 1.82) is 0 Å². The molecule has 0 bridgehead atoms. The Labute approximate surface area is 169 Å². The number of hydrogen-bond donors (Lipinski definition) is 2. The Hall–Kier alpha value is -2.25. The third kappa shape index (κ3) is 6.37. The molecule has 29 heavy (non-hydrogen) atoms. The van der Waals surface area contributed by atoms with Gasteiger partial charge < -0.3 is 20.1 Å². The van der Waals surface area contributed by atoms with Crippen LogP contribution in [-0.4, -0.2) is 25.1 Å². The Bertz CT molecular complexity index is 781. The van der Waals surface area contributed by atoms with Gasteiger partial charge in [0, 0.05) is 24.2 Å². The average Bonchev–Trinajstić information content (AvgIpc) is 2.67. The first-order chi connectivity index (χ1) is 13.8. The van der Waals surface area contributed by atoms with Crippen LogP contribution in [-0.2, 0) is 6.54 Å². The summed E-state index contributed by atoms with van der Waals surface area (Å²) in [5.41, 5.74) is 1.83. The molecule has 4 nitrogen and oxygen atoms in total. The minimum absolute atomic E-state index is 0.0865. The molecule has 3 rings (SSSR count). The molecule has 0 spiro atoms. The van der Waals surface area contributed by atoms with Crippen molar-refractivity contribution in [3.8, 4) is 11.5 Å². The van der Waals surface area contributed by atoms with Crippen molar-refractivity contribution in [1.82, 2.24) is 10.6 Å². The number of halogens is 3. The summed E-state index contributed by atoms with van der Waals surface area (Å²) in [6, 6.07) is 14.7. The summed E-state index contributed by atoms with van der Waals surface area (Å²) in [5.74, 6) is 0.314. The molecular weight excluding hydrogens is 381 g/mol. The highest BCUT2D eigenvalue weighted by Crippen LogP contribution is 2.30. The van der Waals surface area contributed by atoms with Crippen molar-refractivity contribution in [2.24, 2.45) is 0 Å². The third-order valence-electron chi connectivity index (χ3n) is 4.80. The minimum Gasteiger partial charge on any atom is -0.491 e. The van der Waals surface area contributed by atoms with E-state index in [9.17, 15) is 13.2 Å². The molecule has 1 fully saturated rings. The standard InChI is InChI=1S/C22H27F3N2O2/c1-15(2)28-20-11-10-18(29-22(23,24)25)13-17(20)14-27-19-9-6-12-26-21(19)16-7-4-3-5-8-16/h3-5,7-8,10-11,13,15,19,21,26-27H,6,9,12,14H2,1-2H3. The molecule has 2 atom stereocenters. The van der Waals surface area contributed by atoms with E-state index in [1.807, 2.05) is 32.0 Å². The normalized spacial score (nSPS) is 19.9. The Morgan fingerprint density at radius 3 is 2.59 bits per heavy atom. The molecule has 158 valence electrons. The third-order valence-corrected chi connectivity index (χ3v) is 4.80. The van der Waals surface area contributed by atoms with Gasteiger partial charge in [0.25, 0.3) is 0 Å². The van der Waals surface area contributed by atoms with Gasteiger partial charge in [0.05, 0.1) is 6.10 Å². The molecule has 1 aliphatic rings. The number of benzene rings is 2. The second-order valence-corrected chi connectivity index (χ2v) is 7.46. The molecule has 0 amide bonds. The van der Waals surface area contributed by atoms with Crippen LogP contribution in [0, 0.1) is 0 Å². The molecule has 7 heteroatoms. The largest absolute Gasteiger partial charge is 0.573 e. The molecule has 2 aromatic carbocycles. The van der Waals surface area contributed by atoms with Crippen molar-refractivity contribution >= 4 is 0 Å². The van der Waals surface area contributed by atoms with Crippen LogP contribution in [0.15, 0.2) is 48.5 Å². The summed E-state index contributed by atoms with van der Waals surface area (Å²) in [6.07, 6.45) is -2.80. The van der Waals surface area contributed by atoms with E-state index in [2.05, 4.69) is 27.5 Å². The molecule has 1 saturated heterocycles. The lowest BCUT2D eigenvalue weighted by atomic mass is 9.92. The maximum absolute atomic E-state index is 12.6. The monoisotopic (exact) mass is 408 g/mol. The summed E-state index contributed by atoms with van der Waals surface area (Å²) >= 11 is 0. The van der Waals surface area contributed by atoms with Crippen molar-refractivity contribution in [3.05, 3.63) is 59.7 Å². The lowest BCUT2D eigenvalue weighted by Gasteiger charge is -2.34. The van der Waals surface area contributed by atoms with E-state index >= 15 is 0 Å². The van der Waals surface area contributed by atoms with Gasteiger partial charge in [-0.3, -0.25) is 0 Å². The maximum Gasteiger partial charge on any atom is 0.573 e. The van der Waals surface area contributed by atoms with Crippen molar-refractivity contribution < 1.29 is 22.6 Å². The van der Waals surface area contributed by atoms with Crippen LogP contribution < -0.4 is 20.1 Å². The Balaban J connectivity index is 1.77. The summed E-state index contributed by atoms with van der Waals surface area (Å²) in [5, 5.41) is 7.05. The first-order valence-corrected chi connectivity index (χ1v) is 9.89. The van der Waals surface area contributed by atoms with Crippen molar-refractivity contribution in [2.45, 2.75) is 57.8 Å². The van der Waals surface area contributed by atoms with Crippen LogP contribution in [0.1, 0.15) is 43.9 Å². The summed E-state index contributed by atoms with van der Waals surface area (Å²) < 4.78 is 47.7. The van der Waals surface area contributed by atoms with E-state index in [4.69, 9.17) is 4.74 Å². The van der Waals surface area contributed by atoms with Gasteiger partial charge in [0.2, 0.25) is 0 Å². The second kappa shape index (κ2) is 9.50. The van der Waals surface area contributed by atoms with Crippen LogP contribution >= 0.6 is 0 Å². The molecule has 1 heterocycles. The lowest BCUT2D eigenvalue weighted by Crippen LogP contribution is -2.45. The second-order valence-electron chi connectivity index (χ2n) is 7.46. The number of hydrogen-bond acceptors (Lipinski definition) is 4. The Morgan fingerprint density at radius 1 is 1.14 bits per heavy atom. The molecule has 2 aromatic rings. The van der Waals surface area contributed by atoms with Crippen LogP contribution in [0.3, 0.4) is 0 Å². The summed E-state index contributed by atoms with van der Waals surface area (Å²) in [6.45, 7) is 5.09. The van der Waals surface area contributed by atoms with E-state index in [-0.39, 0.29) is 23.9 Å². The summed E-state index contributed by atoms with van der Waals surface area (Å²) in [4.78, 5) is 0. The van der Waals surface area contributed by atoms with Gasteiger partial charge in [-0.25, -0.2) is 0 Å². The van der Waals surface area contributed by atoms with Crippen LogP contribution in [0.25, 0.3) is 0 Å². The van der Waals surface area contributed by atoms with Crippen LogP contribution in [0.5, 0.6) is 11.5 Å². The molecule has 2 N–H and O–H groups in total. The van der Waals surface area contributed by atoms with Crippen LogP contribution in [0.2, 0.25) is 0 Å². The quantitative estimate of drug-likeness (QED) is 0.680. The highest BCUT2D eigenvalue weighted by molar-refractivity contribution is 5.40. The molecule has 0 saturated carbocycles. The number of nitrogens with one attached hydrogen (secondary N) is 2. The van der Waals surface area contributed by atoms with E-state index in [1.54, 1.807) is 0 Å². The number of rotatable bonds is 7. The zero-order valence-electron chi connectivity index (χ0n) is 16.6. The highest BCUT2D eigenvalue weighted by atomic mass is 19.4. The topological polar surface area (TPSA) is 42.5 Å². The van der Waals surface area contributed by atoms with E-state index in [0.29, 0.717) is 17.9 Å². The Kier molecular flexibility index (Phi) is 7.03. The van der Waals surface area contributed by atoms with Crippen molar-refractivity contribution in [2.75, 3.05) is 6.54 Å². The fourth-order valence-electron chi connectivity index (χ4n) is 3.62. The van der Waals surface area contributed by atoms with E-state index < -0.39 is 6.36 Å². The zero-order chi connectivity index (χ0) is 20.9. The van der Waals surface area contributed by atoms with E-state index in [0.717, 1.165) is 19.4 Å². The van der Waals surface area contributed by atoms with Gasteiger partial charge in [-0.15, -0.1) is 13.2 Å². The Morgan fingerprint density at radius 2 is 1.90 bits per heavy atom. The number of ether oxygens (including phenoxy) is 2. The van der Waals surface area contributed by atoms with Gasteiger partial charge in [0.1, 0.15) is 11.5 Å². The average molecular weight is 408 g/mol. The van der Waals surface area contributed by atoms with Crippen LogP contribution in [0.4, 0.5) is 13.2 Å². The molecule has 0 aromatic heterocycles. The first kappa shape index (κ1) is 21.5. The molecule has 0 radical (unpaired) electrons. The van der Waals surface area contributed by atoms with Gasteiger partial charge in [0.15, 0.2) is 0 Å². The predicted molar refractivity (Wildman–Crippen MR) is 106 cm³/mol. The molecule has 0 aliphatic carbocycles. The van der Waals surface area contributed by atoms with Gasteiger partial charge in [-0.2, -0.15) is 0 Å². The van der Waals surface area contributed by atoms with Gasteiger partial charge >= 0.3 is 6.36 Å². The smallest absolute Gasteiger partial charge is 0.491 e. The number of alkyl halides is 3. The van der Waals surface area contributed by atoms with Gasteiger partial charge in [-0.05, 0) is 57.0 Å². The maximum atomic E-state index is 12.6. The fourth-order valence-corrected chi connectivity index (χ4v) is 3.62. The molecule has 1 aliphatic heterocycles. The minimum atomic E-state index is -4.73. The van der Waals surface area contributed by atoms with Crippen molar-refractivity contribution in [3.63, 3.8) is 0 Å². The molecular formula is C22H27F3N2O2. The number of piperidine rings is 1. The van der Waals surface area contributed by atoms with E-state index in [1.165, 1.54) is 23.8 Å². The zero-order valence-corrected chi connectivity index (χ0v) is 16.6. The SMILES string of the molecule is CC(C)Oc1ccc(OC(F)(F)F)cc1CNC1CCCNC1c1ccccc1. The molecule has 2 unspecified atom stereocenters. The first-order valence-electron chi connectivity index (χ1n) is 9.89. The fraction of sp³-hybridized carbons (Fsp3) is 0.455.